The van der Waals surface area contributed by atoms with Gasteiger partial charge in [-0.15, -0.1) is 0 Å². The Bertz CT molecular complexity index is 565. The monoisotopic (exact) mass is 265 g/mol. The van der Waals surface area contributed by atoms with Crippen LogP contribution < -0.4 is 0 Å². The Balaban J connectivity index is 2.61. The van der Waals surface area contributed by atoms with Gasteiger partial charge in [0.05, 0.1) is 23.7 Å². The molecule has 5 heteroatoms. The van der Waals surface area contributed by atoms with Gasteiger partial charge in [0.2, 0.25) is 0 Å². The first-order chi connectivity index (χ1) is 9.08. The third kappa shape index (κ3) is 2.62. The normalized spacial score (nSPS) is 13.4. The predicted octanol–water partition coefficient (Wildman–Crippen LogP) is 2.18. The van der Waals surface area contributed by atoms with Crippen LogP contribution in [0.5, 0.6) is 0 Å². The molecule has 0 saturated carbocycles. The van der Waals surface area contributed by atoms with Gasteiger partial charge in [-0.2, -0.15) is 0 Å². The van der Waals surface area contributed by atoms with Crippen LogP contribution in [0.15, 0.2) is 18.2 Å². The molecule has 1 unspecified atom stereocenters. The standard InChI is InChI=1S/C14H20FN3O/c1-4-12(17(2)3)14-16-11-9-10(15)5-6-13(11)18(14)7-8-19/h5-6,9,12,19H,4,7-8H2,1-3H3. The molecule has 1 heterocycles. The molecular formula is C14H20FN3O. The maximum Gasteiger partial charge on any atom is 0.127 e. The smallest absolute Gasteiger partial charge is 0.127 e. The average molecular weight is 265 g/mol. The maximum absolute atomic E-state index is 13.3. The van der Waals surface area contributed by atoms with Crippen LogP contribution in [-0.4, -0.2) is 40.3 Å². The highest BCUT2D eigenvalue weighted by Gasteiger charge is 2.20. The molecule has 0 bridgehead atoms. The molecule has 1 aromatic heterocycles. The Hall–Kier alpha value is -1.46. The summed E-state index contributed by atoms with van der Waals surface area (Å²) in [6.07, 6.45) is 0.907. The van der Waals surface area contributed by atoms with Crippen molar-refractivity contribution in [1.82, 2.24) is 14.5 Å². The van der Waals surface area contributed by atoms with Crippen LogP contribution in [0.3, 0.4) is 0 Å². The summed E-state index contributed by atoms with van der Waals surface area (Å²) < 4.78 is 15.3. The number of aromatic nitrogens is 2. The third-order valence-corrected chi connectivity index (χ3v) is 3.37. The molecule has 1 N–H and O–H groups in total. The molecule has 0 saturated heterocycles. The fourth-order valence-electron chi connectivity index (χ4n) is 2.49. The first-order valence-electron chi connectivity index (χ1n) is 6.51. The number of aliphatic hydroxyl groups is 1. The van der Waals surface area contributed by atoms with E-state index in [-0.39, 0.29) is 18.5 Å². The van der Waals surface area contributed by atoms with Crippen LogP contribution in [0.2, 0.25) is 0 Å². The summed E-state index contributed by atoms with van der Waals surface area (Å²) in [5, 5.41) is 9.23. The molecular weight excluding hydrogens is 245 g/mol. The van der Waals surface area contributed by atoms with Gasteiger partial charge in [-0.25, -0.2) is 9.37 Å². The summed E-state index contributed by atoms with van der Waals surface area (Å²) >= 11 is 0. The minimum absolute atomic E-state index is 0.0414. The van der Waals surface area contributed by atoms with Crippen molar-refractivity contribution in [2.24, 2.45) is 0 Å². The number of hydrogen-bond acceptors (Lipinski definition) is 3. The minimum atomic E-state index is -0.286. The number of halogens is 1. The van der Waals surface area contributed by atoms with Gasteiger partial charge in [0.25, 0.3) is 0 Å². The van der Waals surface area contributed by atoms with Crippen molar-refractivity contribution in [1.29, 1.82) is 0 Å². The van der Waals surface area contributed by atoms with Crippen LogP contribution >= 0.6 is 0 Å². The Morgan fingerprint density at radius 3 is 2.74 bits per heavy atom. The topological polar surface area (TPSA) is 41.3 Å². The summed E-state index contributed by atoms with van der Waals surface area (Å²) in [5.74, 6) is 0.591. The van der Waals surface area contributed by atoms with E-state index in [0.717, 1.165) is 17.8 Å². The van der Waals surface area contributed by atoms with Crippen LogP contribution in [0.4, 0.5) is 4.39 Å². The van der Waals surface area contributed by atoms with Gasteiger partial charge in [-0.3, -0.25) is 4.90 Å². The minimum Gasteiger partial charge on any atom is -0.395 e. The number of imidazole rings is 1. The second-order valence-electron chi connectivity index (χ2n) is 4.87. The molecule has 104 valence electrons. The number of rotatable bonds is 5. The average Bonchev–Trinajstić information content (AvgIpc) is 2.68. The lowest BCUT2D eigenvalue weighted by molar-refractivity contribution is 0.251. The summed E-state index contributed by atoms with van der Waals surface area (Å²) in [5.41, 5.74) is 1.51. The molecule has 2 rings (SSSR count). The summed E-state index contributed by atoms with van der Waals surface area (Å²) in [6.45, 7) is 2.61. The molecule has 0 radical (unpaired) electrons. The largest absolute Gasteiger partial charge is 0.395 e. The maximum atomic E-state index is 13.3. The Morgan fingerprint density at radius 1 is 1.42 bits per heavy atom. The molecule has 1 aromatic carbocycles. The fraction of sp³-hybridized carbons (Fsp3) is 0.500. The van der Waals surface area contributed by atoms with Crippen LogP contribution in [-0.2, 0) is 6.54 Å². The van der Waals surface area contributed by atoms with Gasteiger partial charge in [0.15, 0.2) is 0 Å². The molecule has 2 aromatic rings. The molecule has 0 spiro atoms. The summed E-state index contributed by atoms with van der Waals surface area (Å²) in [7, 11) is 3.99. The lowest BCUT2D eigenvalue weighted by Gasteiger charge is -2.23. The Morgan fingerprint density at radius 2 is 2.16 bits per heavy atom. The fourth-order valence-corrected chi connectivity index (χ4v) is 2.49. The lowest BCUT2D eigenvalue weighted by Crippen LogP contribution is -2.23. The zero-order valence-corrected chi connectivity index (χ0v) is 11.6. The van der Waals surface area contributed by atoms with E-state index in [9.17, 15) is 9.50 Å². The number of hydrogen-bond donors (Lipinski definition) is 1. The molecule has 0 aliphatic heterocycles. The Kier molecular flexibility index (Phi) is 4.17. The highest BCUT2D eigenvalue weighted by Crippen LogP contribution is 2.26. The van der Waals surface area contributed by atoms with Crippen molar-refractivity contribution < 1.29 is 9.50 Å². The molecule has 0 aliphatic rings. The zero-order chi connectivity index (χ0) is 14.0. The number of benzene rings is 1. The second-order valence-corrected chi connectivity index (χ2v) is 4.87. The van der Waals surface area contributed by atoms with Crippen LogP contribution in [0, 0.1) is 5.82 Å². The van der Waals surface area contributed by atoms with Crippen molar-refractivity contribution in [3.63, 3.8) is 0 Å². The predicted molar refractivity (Wildman–Crippen MR) is 73.5 cm³/mol. The van der Waals surface area contributed by atoms with Gasteiger partial charge in [-0.05, 0) is 32.6 Å². The molecule has 0 amide bonds. The third-order valence-electron chi connectivity index (χ3n) is 3.37. The molecule has 1 atom stereocenters. The molecule has 19 heavy (non-hydrogen) atoms. The number of aliphatic hydroxyl groups excluding tert-OH is 1. The highest BCUT2D eigenvalue weighted by molar-refractivity contribution is 5.76. The van der Waals surface area contributed by atoms with Crippen molar-refractivity contribution in [3.8, 4) is 0 Å². The van der Waals surface area contributed by atoms with Crippen LogP contribution in [0.1, 0.15) is 25.2 Å². The van der Waals surface area contributed by atoms with Crippen molar-refractivity contribution >= 4 is 11.0 Å². The first kappa shape index (κ1) is 14.0. The summed E-state index contributed by atoms with van der Waals surface area (Å²) in [4.78, 5) is 6.64. The van der Waals surface area contributed by atoms with E-state index in [4.69, 9.17) is 0 Å². The van der Waals surface area contributed by atoms with Gasteiger partial charge >= 0.3 is 0 Å². The lowest BCUT2D eigenvalue weighted by atomic mass is 10.2. The molecule has 4 nitrogen and oxygen atoms in total. The van der Waals surface area contributed by atoms with E-state index in [1.807, 2.05) is 18.7 Å². The molecule has 0 fully saturated rings. The van der Waals surface area contributed by atoms with Gasteiger partial charge < -0.3 is 9.67 Å². The van der Waals surface area contributed by atoms with E-state index in [0.29, 0.717) is 12.1 Å². The van der Waals surface area contributed by atoms with Crippen molar-refractivity contribution in [2.75, 3.05) is 20.7 Å². The SMILES string of the molecule is CCC(c1nc2cc(F)ccc2n1CCO)N(C)C. The van der Waals surface area contributed by atoms with E-state index in [2.05, 4.69) is 16.8 Å². The number of nitrogens with zero attached hydrogens (tertiary/aromatic N) is 3. The van der Waals surface area contributed by atoms with E-state index in [1.165, 1.54) is 12.1 Å². The number of fused-ring (bicyclic) bond motifs is 1. The van der Waals surface area contributed by atoms with Gasteiger partial charge in [-0.1, -0.05) is 6.92 Å². The van der Waals surface area contributed by atoms with E-state index in [1.54, 1.807) is 6.07 Å². The second kappa shape index (κ2) is 5.67. The first-order valence-corrected chi connectivity index (χ1v) is 6.51. The zero-order valence-electron chi connectivity index (χ0n) is 11.6. The highest BCUT2D eigenvalue weighted by atomic mass is 19.1. The Labute approximate surface area is 112 Å². The van der Waals surface area contributed by atoms with Crippen LogP contribution in [0.25, 0.3) is 11.0 Å². The van der Waals surface area contributed by atoms with Crippen molar-refractivity contribution in [2.45, 2.75) is 25.9 Å². The summed E-state index contributed by atoms with van der Waals surface area (Å²) in [6, 6.07) is 4.74. The van der Waals surface area contributed by atoms with E-state index < -0.39 is 0 Å². The van der Waals surface area contributed by atoms with Gasteiger partial charge in [0, 0.05) is 12.6 Å². The van der Waals surface area contributed by atoms with E-state index >= 15 is 0 Å². The van der Waals surface area contributed by atoms with Crippen molar-refractivity contribution in [3.05, 3.63) is 29.8 Å². The quantitative estimate of drug-likeness (QED) is 0.901. The molecule has 0 aliphatic carbocycles. The van der Waals surface area contributed by atoms with Gasteiger partial charge in [0.1, 0.15) is 11.6 Å².